The van der Waals surface area contributed by atoms with Crippen molar-refractivity contribution in [2.45, 2.75) is 31.2 Å². The number of amides is 1. The maximum absolute atomic E-state index is 10.9. The molecule has 0 aliphatic heterocycles. The van der Waals surface area contributed by atoms with E-state index in [9.17, 15) is 4.79 Å². The molecular formula is C8H15NO3. The molecule has 0 bridgehead atoms. The molecule has 0 atom stereocenters. The van der Waals surface area contributed by atoms with Crippen LogP contribution >= 0.6 is 0 Å². The number of rotatable bonds is 3. The first-order valence-electron chi connectivity index (χ1n) is 4.25. The van der Waals surface area contributed by atoms with E-state index in [1.165, 1.54) is 0 Å². The number of carbonyl (C=O) groups excluding carboxylic acids is 1. The zero-order chi connectivity index (χ0) is 9.03. The van der Waals surface area contributed by atoms with E-state index in [-0.39, 0.29) is 6.61 Å². The van der Waals surface area contributed by atoms with E-state index in [2.05, 4.69) is 5.32 Å². The maximum Gasteiger partial charge on any atom is 0.246 e. The molecule has 0 radical (unpaired) electrons. The van der Waals surface area contributed by atoms with Gasteiger partial charge >= 0.3 is 0 Å². The molecule has 1 aliphatic carbocycles. The van der Waals surface area contributed by atoms with Gasteiger partial charge in [-0.3, -0.25) is 4.79 Å². The van der Waals surface area contributed by atoms with E-state index in [0.29, 0.717) is 0 Å². The summed E-state index contributed by atoms with van der Waals surface area (Å²) in [7, 11) is 0. The van der Waals surface area contributed by atoms with Crippen LogP contribution in [0.4, 0.5) is 0 Å². The molecule has 0 aromatic heterocycles. The number of aliphatic hydroxyl groups excluding tert-OH is 2. The van der Waals surface area contributed by atoms with Crippen molar-refractivity contribution in [2.75, 3.05) is 13.2 Å². The summed E-state index contributed by atoms with van der Waals surface area (Å²) in [6.45, 7) is -0.527. The zero-order valence-corrected chi connectivity index (χ0v) is 7.05. The Balaban J connectivity index is 2.49. The fourth-order valence-electron chi connectivity index (χ4n) is 1.71. The summed E-state index contributed by atoms with van der Waals surface area (Å²) in [5.74, 6) is -0.397. The van der Waals surface area contributed by atoms with Crippen molar-refractivity contribution in [3.05, 3.63) is 0 Å². The Morgan fingerprint density at radius 2 is 1.92 bits per heavy atom. The molecule has 70 valence electrons. The van der Waals surface area contributed by atoms with E-state index >= 15 is 0 Å². The molecule has 0 aromatic rings. The standard InChI is InChI=1S/C8H15NO3/c10-5-7(12)9-8(6-11)3-1-2-4-8/h10-11H,1-6H2,(H,9,12). The molecule has 1 saturated carbocycles. The van der Waals surface area contributed by atoms with Gasteiger partial charge in [-0.2, -0.15) is 0 Å². The lowest BCUT2D eigenvalue weighted by atomic mass is 9.99. The molecule has 1 rings (SSSR count). The third-order valence-electron chi connectivity index (χ3n) is 2.41. The van der Waals surface area contributed by atoms with Gasteiger partial charge in [-0.15, -0.1) is 0 Å². The Morgan fingerprint density at radius 3 is 2.33 bits per heavy atom. The van der Waals surface area contributed by atoms with Crippen molar-refractivity contribution >= 4 is 5.91 Å². The average molecular weight is 173 g/mol. The van der Waals surface area contributed by atoms with Crippen LogP contribution in [0.3, 0.4) is 0 Å². The highest BCUT2D eigenvalue weighted by Crippen LogP contribution is 2.28. The van der Waals surface area contributed by atoms with E-state index in [1.54, 1.807) is 0 Å². The Morgan fingerprint density at radius 1 is 1.33 bits per heavy atom. The van der Waals surface area contributed by atoms with Crippen molar-refractivity contribution in [1.29, 1.82) is 0 Å². The second-order valence-corrected chi connectivity index (χ2v) is 3.35. The minimum atomic E-state index is -0.498. The Bertz CT molecular complexity index is 164. The Kier molecular flexibility index (Phi) is 3.05. The van der Waals surface area contributed by atoms with Crippen LogP contribution in [0.2, 0.25) is 0 Å². The van der Waals surface area contributed by atoms with E-state index in [0.717, 1.165) is 25.7 Å². The number of carbonyl (C=O) groups is 1. The fourth-order valence-corrected chi connectivity index (χ4v) is 1.71. The first kappa shape index (κ1) is 9.48. The highest BCUT2D eigenvalue weighted by atomic mass is 16.3. The van der Waals surface area contributed by atoms with Gasteiger partial charge < -0.3 is 15.5 Å². The van der Waals surface area contributed by atoms with Crippen LogP contribution in [-0.2, 0) is 4.79 Å². The third kappa shape index (κ3) is 1.95. The van der Waals surface area contributed by atoms with Gasteiger partial charge in [-0.05, 0) is 12.8 Å². The molecule has 12 heavy (non-hydrogen) atoms. The molecule has 0 spiro atoms. The largest absolute Gasteiger partial charge is 0.394 e. The average Bonchev–Trinajstić information content (AvgIpc) is 2.54. The molecule has 1 amide bonds. The maximum atomic E-state index is 10.9. The summed E-state index contributed by atoms with van der Waals surface area (Å²) >= 11 is 0. The second-order valence-electron chi connectivity index (χ2n) is 3.35. The number of aliphatic hydroxyl groups is 2. The molecule has 1 fully saturated rings. The lowest BCUT2D eigenvalue weighted by molar-refractivity contribution is -0.126. The van der Waals surface area contributed by atoms with Gasteiger partial charge in [0.25, 0.3) is 0 Å². The first-order valence-corrected chi connectivity index (χ1v) is 4.25. The summed E-state index contributed by atoms with van der Waals surface area (Å²) in [4.78, 5) is 10.9. The van der Waals surface area contributed by atoms with Gasteiger partial charge in [0.05, 0.1) is 12.1 Å². The summed E-state index contributed by atoms with van der Waals surface area (Å²) in [5, 5.41) is 20.2. The molecule has 4 heteroatoms. The molecule has 1 aliphatic rings. The molecule has 4 nitrogen and oxygen atoms in total. The summed E-state index contributed by atoms with van der Waals surface area (Å²) < 4.78 is 0. The van der Waals surface area contributed by atoms with Crippen LogP contribution in [0, 0.1) is 0 Å². The topological polar surface area (TPSA) is 69.6 Å². The highest BCUT2D eigenvalue weighted by Gasteiger charge is 2.34. The molecular weight excluding hydrogens is 158 g/mol. The molecule has 0 saturated heterocycles. The highest BCUT2D eigenvalue weighted by molar-refractivity contribution is 5.77. The molecule has 0 unspecified atom stereocenters. The lowest BCUT2D eigenvalue weighted by Crippen LogP contribution is -2.50. The third-order valence-corrected chi connectivity index (χ3v) is 2.41. The van der Waals surface area contributed by atoms with Gasteiger partial charge in [-0.1, -0.05) is 12.8 Å². The van der Waals surface area contributed by atoms with Gasteiger partial charge in [0.1, 0.15) is 6.61 Å². The van der Waals surface area contributed by atoms with Crippen molar-refractivity contribution in [3.8, 4) is 0 Å². The molecule has 0 heterocycles. The number of hydrogen-bond acceptors (Lipinski definition) is 3. The first-order chi connectivity index (χ1) is 5.72. The number of hydrogen-bond donors (Lipinski definition) is 3. The zero-order valence-electron chi connectivity index (χ0n) is 7.05. The predicted molar refractivity (Wildman–Crippen MR) is 43.5 cm³/mol. The van der Waals surface area contributed by atoms with E-state index in [1.807, 2.05) is 0 Å². The van der Waals surface area contributed by atoms with E-state index in [4.69, 9.17) is 10.2 Å². The Labute approximate surface area is 71.6 Å². The van der Waals surface area contributed by atoms with Gasteiger partial charge in [0.15, 0.2) is 0 Å². The van der Waals surface area contributed by atoms with Crippen LogP contribution in [-0.4, -0.2) is 34.9 Å². The summed E-state index contributed by atoms with van der Waals surface area (Å²) in [6, 6.07) is 0. The monoisotopic (exact) mass is 173 g/mol. The minimum Gasteiger partial charge on any atom is -0.394 e. The number of nitrogens with one attached hydrogen (secondary N) is 1. The smallest absolute Gasteiger partial charge is 0.246 e. The van der Waals surface area contributed by atoms with Gasteiger partial charge in [0.2, 0.25) is 5.91 Å². The predicted octanol–water partition coefficient (Wildman–Crippen LogP) is -0.600. The van der Waals surface area contributed by atoms with Crippen molar-refractivity contribution in [2.24, 2.45) is 0 Å². The van der Waals surface area contributed by atoms with Crippen LogP contribution < -0.4 is 5.32 Å². The van der Waals surface area contributed by atoms with Crippen molar-refractivity contribution in [3.63, 3.8) is 0 Å². The van der Waals surface area contributed by atoms with Crippen LogP contribution in [0.5, 0.6) is 0 Å². The normalized spacial score (nSPS) is 20.8. The van der Waals surface area contributed by atoms with Gasteiger partial charge in [0, 0.05) is 0 Å². The van der Waals surface area contributed by atoms with Crippen LogP contribution in [0.15, 0.2) is 0 Å². The van der Waals surface area contributed by atoms with Crippen molar-refractivity contribution in [1.82, 2.24) is 5.32 Å². The summed E-state index contributed by atoms with van der Waals surface area (Å²) in [5.41, 5.74) is -0.445. The van der Waals surface area contributed by atoms with Crippen LogP contribution in [0.1, 0.15) is 25.7 Å². The lowest BCUT2D eigenvalue weighted by Gasteiger charge is -2.27. The fraction of sp³-hybridized carbons (Fsp3) is 0.875. The van der Waals surface area contributed by atoms with Crippen LogP contribution in [0.25, 0.3) is 0 Å². The minimum absolute atomic E-state index is 0.0290. The SMILES string of the molecule is O=C(CO)NC1(CO)CCCC1. The molecule has 3 N–H and O–H groups in total. The quantitative estimate of drug-likeness (QED) is 0.533. The van der Waals surface area contributed by atoms with Crippen molar-refractivity contribution < 1.29 is 15.0 Å². The second kappa shape index (κ2) is 3.87. The van der Waals surface area contributed by atoms with E-state index < -0.39 is 18.1 Å². The summed E-state index contributed by atoms with van der Waals surface area (Å²) in [6.07, 6.45) is 3.70. The molecule has 0 aromatic carbocycles. The van der Waals surface area contributed by atoms with Gasteiger partial charge in [-0.25, -0.2) is 0 Å². The Hall–Kier alpha value is -0.610.